The van der Waals surface area contributed by atoms with Gasteiger partial charge in [-0.2, -0.15) is 0 Å². The molecule has 1 unspecified atom stereocenters. The maximum Gasteiger partial charge on any atom is 0.240 e. The van der Waals surface area contributed by atoms with Gasteiger partial charge in [0.25, 0.3) is 0 Å². The van der Waals surface area contributed by atoms with Gasteiger partial charge in [0.15, 0.2) is 0 Å². The Morgan fingerprint density at radius 2 is 2.25 bits per heavy atom. The second-order valence-electron chi connectivity index (χ2n) is 3.55. The van der Waals surface area contributed by atoms with Crippen molar-refractivity contribution in [2.75, 3.05) is 7.05 Å². The molecule has 0 saturated heterocycles. The molecular formula is C10H15N3O2S. The zero-order valence-electron chi connectivity index (χ0n) is 9.05. The summed E-state index contributed by atoms with van der Waals surface area (Å²) >= 11 is 1.57. The van der Waals surface area contributed by atoms with Crippen molar-refractivity contribution >= 4 is 23.2 Å². The van der Waals surface area contributed by atoms with Crippen LogP contribution >= 0.6 is 11.3 Å². The van der Waals surface area contributed by atoms with E-state index < -0.39 is 11.9 Å². The highest BCUT2D eigenvalue weighted by Crippen LogP contribution is 2.11. The van der Waals surface area contributed by atoms with Crippen LogP contribution < -0.4 is 11.5 Å². The predicted octanol–water partition coefficient (Wildman–Crippen LogP) is -0.0908. The number of carbonyl (C=O) groups excluding carboxylic acids is 2. The van der Waals surface area contributed by atoms with Gasteiger partial charge >= 0.3 is 0 Å². The number of carbonyl (C=O) groups is 2. The monoisotopic (exact) mass is 241 g/mol. The number of hydrogen-bond donors (Lipinski definition) is 2. The molecule has 2 amide bonds. The molecule has 0 aromatic carbocycles. The quantitative estimate of drug-likeness (QED) is 0.755. The standard InChI is InChI=1S/C10H15N3O2S/c1-13(6-7-3-2-4-16-7)10(15)8(11)5-9(12)14/h2-4,8H,5-6,11H2,1H3,(H2,12,14). The first-order valence-electron chi connectivity index (χ1n) is 4.82. The minimum Gasteiger partial charge on any atom is -0.370 e. The molecule has 1 aromatic heterocycles. The number of nitrogens with two attached hydrogens (primary N) is 2. The van der Waals surface area contributed by atoms with Gasteiger partial charge in [0.1, 0.15) is 0 Å². The molecule has 4 N–H and O–H groups in total. The summed E-state index contributed by atoms with van der Waals surface area (Å²) < 4.78 is 0. The van der Waals surface area contributed by atoms with Crippen molar-refractivity contribution in [3.05, 3.63) is 22.4 Å². The zero-order chi connectivity index (χ0) is 12.1. The molecular weight excluding hydrogens is 226 g/mol. The van der Waals surface area contributed by atoms with Gasteiger partial charge in [-0.1, -0.05) is 6.07 Å². The molecule has 0 aliphatic rings. The summed E-state index contributed by atoms with van der Waals surface area (Å²) in [5.74, 6) is -0.836. The summed E-state index contributed by atoms with van der Waals surface area (Å²) in [5, 5.41) is 1.94. The van der Waals surface area contributed by atoms with Gasteiger partial charge < -0.3 is 16.4 Å². The van der Waals surface area contributed by atoms with Crippen molar-refractivity contribution in [2.45, 2.75) is 19.0 Å². The molecule has 1 heterocycles. The Bertz CT molecular complexity index is 364. The van der Waals surface area contributed by atoms with E-state index in [4.69, 9.17) is 11.5 Å². The normalized spacial score (nSPS) is 12.1. The molecule has 0 radical (unpaired) electrons. The van der Waals surface area contributed by atoms with Gasteiger partial charge in [0, 0.05) is 11.9 Å². The summed E-state index contributed by atoms with van der Waals surface area (Å²) in [6, 6.07) is 3.01. The molecule has 16 heavy (non-hydrogen) atoms. The highest BCUT2D eigenvalue weighted by molar-refractivity contribution is 7.09. The largest absolute Gasteiger partial charge is 0.370 e. The van der Waals surface area contributed by atoms with Crippen molar-refractivity contribution in [2.24, 2.45) is 11.5 Å². The lowest BCUT2D eigenvalue weighted by Gasteiger charge is -2.19. The molecule has 0 bridgehead atoms. The molecule has 1 aromatic rings. The van der Waals surface area contributed by atoms with Gasteiger partial charge in [-0.3, -0.25) is 9.59 Å². The Labute approximate surface area is 98.0 Å². The second-order valence-corrected chi connectivity index (χ2v) is 4.58. The summed E-state index contributed by atoms with van der Waals surface area (Å²) in [6.07, 6.45) is -0.117. The van der Waals surface area contributed by atoms with Crippen LogP contribution in [0.25, 0.3) is 0 Å². The van der Waals surface area contributed by atoms with Crippen molar-refractivity contribution in [3.63, 3.8) is 0 Å². The number of amides is 2. The Kier molecular flexibility index (Phi) is 4.45. The Balaban J connectivity index is 2.50. The van der Waals surface area contributed by atoms with Crippen LogP contribution in [0.2, 0.25) is 0 Å². The molecule has 0 spiro atoms. The maximum absolute atomic E-state index is 11.7. The molecule has 0 fully saturated rings. The number of rotatable bonds is 5. The van der Waals surface area contributed by atoms with Crippen LogP contribution in [0.1, 0.15) is 11.3 Å². The van der Waals surface area contributed by atoms with Crippen LogP contribution in [0, 0.1) is 0 Å². The third-order valence-electron chi connectivity index (χ3n) is 2.09. The van der Waals surface area contributed by atoms with Crippen LogP contribution in [-0.2, 0) is 16.1 Å². The van der Waals surface area contributed by atoms with Crippen molar-refractivity contribution in [1.82, 2.24) is 4.90 Å². The van der Waals surface area contributed by atoms with Gasteiger partial charge in [0.2, 0.25) is 11.8 Å². The lowest BCUT2D eigenvalue weighted by atomic mass is 10.2. The summed E-state index contributed by atoms with van der Waals surface area (Å²) in [6.45, 7) is 0.503. The van der Waals surface area contributed by atoms with E-state index in [1.54, 1.807) is 18.4 Å². The topological polar surface area (TPSA) is 89.4 Å². The summed E-state index contributed by atoms with van der Waals surface area (Å²) in [4.78, 5) is 24.9. The molecule has 5 nitrogen and oxygen atoms in total. The lowest BCUT2D eigenvalue weighted by Crippen LogP contribution is -2.43. The first-order valence-corrected chi connectivity index (χ1v) is 5.70. The van der Waals surface area contributed by atoms with E-state index in [0.29, 0.717) is 6.54 Å². The van der Waals surface area contributed by atoms with Crippen LogP contribution in [0.5, 0.6) is 0 Å². The zero-order valence-corrected chi connectivity index (χ0v) is 9.87. The average molecular weight is 241 g/mol. The Morgan fingerprint density at radius 3 is 2.75 bits per heavy atom. The van der Waals surface area contributed by atoms with Gasteiger partial charge in [-0.25, -0.2) is 0 Å². The summed E-state index contributed by atoms with van der Waals surface area (Å²) in [5.41, 5.74) is 10.5. The SMILES string of the molecule is CN(Cc1cccs1)C(=O)C(N)CC(N)=O. The highest BCUT2D eigenvalue weighted by atomic mass is 32.1. The first kappa shape index (κ1) is 12.7. The van der Waals surface area contributed by atoms with E-state index in [1.807, 2.05) is 17.5 Å². The fourth-order valence-electron chi connectivity index (χ4n) is 1.30. The molecule has 1 rings (SSSR count). The number of primary amides is 1. The number of likely N-dealkylation sites (N-methyl/N-ethyl adjacent to an activating group) is 1. The van der Waals surface area contributed by atoms with Crippen LogP contribution in [0.3, 0.4) is 0 Å². The minimum absolute atomic E-state index is 0.117. The molecule has 0 saturated carbocycles. The third-order valence-corrected chi connectivity index (χ3v) is 2.95. The predicted molar refractivity (Wildman–Crippen MR) is 62.6 cm³/mol. The van der Waals surface area contributed by atoms with Crippen LogP contribution in [0.4, 0.5) is 0 Å². The lowest BCUT2D eigenvalue weighted by molar-refractivity contribution is -0.133. The molecule has 0 aliphatic heterocycles. The van der Waals surface area contributed by atoms with Crippen LogP contribution in [-0.4, -0.2) is 29.8 Å². The third kappa shape index (κ3) is 3.63. The van der Waals surface area contributed by atoms with E-state index >= 15 is 0 Å². The van der Waals surface area contributed by atoms with Crippen LogP contribution in [0.15, 0.2) is 17.5 Å². The van der Waals surface area contributed by atoms with Crippen molar-refractivity contribution < 1.29 is 9.59 Å². The van der Waals surface area contributed by atoms with Crippen molar-refractivity contribution in [1.29, 1.82) is 0 Å². The maximum atomic E-state index is 11.7. The number of nitrogens with zero attached hydrogens (tertiary/aromatic N) is 1. The number of thiophene rings is 1. The summed E-state index contributed by atoms with van der Waals surface area (Å²) in [7, 11) is 1.66. The number of hydrogen-bond acceptors (Lipinski definition) is 4. The smallest absolute Gasteiger partial charge is 0.240 e. The van der Waals surface area contributed by atoms with E-state index in [1.165, 1.54) is 4.90 Å². The van der Waals surface area contributed by atoms with Crippen molar-refractivity contribution in [3.8, 4) is 0 Å². The van der Waals surface area contributed by atoms with E-state index in [0.717, 1.165) is 4.88 Å². The highest BCUT2D eigenvalue weighted by Gasteiger charge is 2.20. The van der Waals surface area contributed by atoms with Gasteiger partial charge in [0.05, 0.1) is 19.0 Å². The fourth-order valence-corrected chi connectivity index (χ4v) is 2.06. The van der Waals surface area contributed by atoms with Gasteiger partial charge in [-0.15, -0.1) is 11.3 Å². The Hall–Kier alpha value is -1.40. The molecule has 1 atom stereocenters. The molecule has 88 valence electrons. The van der Waals surface area contributed by atoms with Gasteiger partial charge in [-0.05, 0) is 11.4 Å². The van der Waals surface area contributed by atoms with E-state index in [-0.39, 0.29) is 12.3 Å². The molecule has 6 heteroatoms. The average Bonchev–Trinajstić information content (AvgIpc) is 2.68. The van der Waals surface area contributed by atoms with E-state index in [2.05, 4.69) is 0 Å². The first-order chi connectivity index (χ1) is 7.50. The Morgan fingerprint density at radius 1 is 1.56 bits per heavy atom. The molecule has 0 aliphatic carbocycles. The fraction of sp³-hybridized carbons (Fsp3) is 0.400. The second kappa shape index (κ2) is 5.62. The van der Waals surface area contributed by atoms with E-state index in [9.17, 15) is 9.59 Å². The minimum atomic E-state index is -0.845.